The number of ether oxygens (including phenoxy) is 2. The van der Waals surface area contributed by atoms with Crippen LogP contribution in [-0.4, -0.2) is 11.9 Å². The lowest BCUT2D eigenvalue weighted by Crippen LogP contribution is -2.06. The van der Waals surface area contributed by atoms with E-state index in [0.717, 1.165) is 27.2 Å². The Morgan fingerprint density at radius 1 is 1.06 bits per heavy atom. The van der Waals surface area contributed by atoms with E-state index in [-0.39, 0.29) is 11.6 Å². The largest absolute Gasteiger partial charge is 0.486 e. The predicted molar refractivity (Wildman–Crippen MR) is 150 cm³/mol. The minimum absolute atomic E-state index is 0.195. The minimum atomic E-state index is -0.527. The molecule has 0 aliphatic carbocycles. The Kier molecular flexibility index (Phi) is 7.97. The normalized spacial score (nSPS) is 14.5. The van der Waals surface area contributed by atoms with Crippen LogP contribution in [0.15, 0.2) is 74.2 Å². The lowest BCUT2D eigenvalue weighted by Gasteiger charge is -2.12. The highest BCUT2D eigenvalue weighted by Gasteiger charge is 2.26. The van der Waals surface area contributed by atoms with Crippen LogP contribution in [0.3, 0.4) is 0 Å². The highest BCUT2D eigenvalue weighted by atomic mass is 127. The molecular formula is C23H12Br2ClI2NO3. The number of hydrogen-bond donors (Lipinski definition) is 0. The number of halogens is 5. The van der Waals surface area contributed by atoms with Crippen LogP contribution < -0.4 is 4.74 Å². The number of aliphatic imine (C=N–C) groups is 1. The van der Waals surface area contributed by atoms with Gasteiger partial charge in [0.25, 0.3) is 0 Å². The summed E-state index contributed by atoms with van der Waals surface area (Å²) in [5.41, 5.74) is 2.64. The van der Waals surface area contributed by atoms with Crippen LogP contribution in [0.1, 0.15) is 16.7 Å². The Bertz CT molecular complexity index is 1270. The summed E-state index contributed by atoms with van der Waals surface area (Å²) in [6.45, 7) is 0.438. The Labute approximate surface area is 234 Å². The number of esters is 1. The topological polar surface area (TPSA) is 47.9 Å². The molecule has 32 heavy (non-hydrogen) atoms. The lowest BCUT2D eigenvalue weighted by molar-refractivity contribution is -0.129. The first-order valence-corrected chi connectivity index (χ1v) is 13.3. The van der Waals surface area contributed by atoms with E-state index in [0.29, 0.717) is 22.9 Å². The molecule has 0 unspecified atom stereocenters. The average Bonchev–Trinajstić information content (AvgIpc) is 3.10. The first kappa shape index (κ1) is 24.2. The first-order chi connectivity index (χ1) is 15.3. The minimum Gasteiger partial charge on any atom is -0.486 e. The van der Waals surface area contributed by atoms with Crippen LogP contribution in [0.2, 0.25) is 5.02 Å². The Hall–Kier alpha value is -0.950. The van der Waals surface area contributed by atoms with Gasteiger partial charge in [0.05, 0.1) is 19.5 Å². The van der Waals surface area contributed by atoms with Gasteiger partial charge >= 0.3 is 5.97 Å². The van der Waals surface area contributed by atoms with Crippen LogP contribution in [-0.2, 0) is 16.1 Å². The number of carbonyl (C=O) groups excluding carboxylic acids is 1. The molecular weight excluding hydrogens is 787 g/mol. The molecule has 0 radical (unpaired) electrons. The molecule has 0 spiro atoms. The van der Waals surface area contributed by atoms with Gasteiger partial charge in [-0.3, -0.25) is 0 Å². The smallest absolute Gasteiger partial charge is 0.363 e. The van der Waals surface area contributed by atoms with Crippen molar-refractivity contribution in [3.63, 3.8) is 0 Å². The Morgan fingerprint density at radius 3 is 2.50 bits per heavy atom. The zero-order valence-corrected chi connectivity index (χ0v) is 24.3. The van der Waals surface area contributed by atoms with Crippen molar-refractivity contribution in [2.75, 3.05) is 0 Å². The molecule has 0 N–H and O–H groups in total. The van der Waals surface area contributed by atoms with E-state index in [1.165, 1.54) is 0 Å². The van der Waals surface area contributed by atoms with E-state index in [9.17, 15) is 4.79 Å². The summed E-state index contributed by atoms with van der Waals surface area (Å²) in [6, 6.07) is 17.2. The van der Waals surface area contributed by atoms with E-state index in [1.807, 2.05) is 48.5 Å². The molecule has 0 bridgehead atoms. The van der Waals surface area contributed by atoms with Gasteiger partial charge in [-0.05, 0) is 125 Å². The molecule has 3 aromatic rings. The number of cyclic esters (lactones) is 1. The first-order valence-electron chi connectivity index (χ1n) is 9.15. The molecule has 0 aromatic heterocycles. The predicted octanol–water partition coefficient (Wildman–Crippen LogP) is 8.00. The molecule has 0 atom stereocenters. The monoisotopic (exact) mass is 797 g/mol. The molecule has 4 rings (SSSR count). The second-order valence-electron chi connectivity index (χ2n) is 6.65. The fraction of sp³-hybridized carbons (Fsp3) is 0.0435. The van der Waals surface area contributed by atoms with E-state index in [1.54, 1.807) is 12.1 Å². The van der Waals surface area contributed by atoms with Crippen LogP contribution in [0.25, 0.3) is 6.08 Å². The Morgan fingerprint density at radius 2 is 1.78 bits per heavy atom. The summed E-state index contributed by atoms with van der Waals surface area (Å²) in [6.07, 6.45) is 1.66. The highest BCUT2D eigenvalue weighted by molar-refractivity contribution is 14.1. The maximum absolute atomic E-state index is 12.4. The van der Waals surface area contributed by atoms with Crippen LogP contribution in [0, 0.1) is 7.14 Å². The summed E-state index contributed by atoms with van der Waals surface area (Å²) in [5.74, 6) is 0.345. The second kappa shape index (κ2) is 10.5. The van der Waals surface area contributed by atoms with Crippen molar-refractivity contribution in [3.05, 3.63) is 98.1 Å². The Balaban J connectivity index is 1.59. The number of nitrogens with zero attached hydrogens (tertiary/aromatic N) is 1. The summed E-state index contributed by atoms with van der Waals surface area (Å²) >= 11 is 17.8. The molecule has 9 heteroatoms. The van der Waals surface area contributed by atoms with Gasteiger partial charge in [0, 0.05) is 12.7 Å². The highest BCUT2D eigenvalue weighted by Crippen LogP contribution is 2.36. The molecule has 3 aromatic carbocycles. The standard InChI is InChI=1S/C23H12Br2ClI2NO3/c24-16-7-12(8-17(25)21(16)31-11-13-3-1-2-4-19(13)28)9-20-23(30)32-22(29-20)15-10-14(27)5-6-18(15)26/h1-10H,11H2/b20-9-. The van der Waals surface area contributed by atoms with Gasteiger partial charge in [0.15, 0.2) is 5.70 Å². The summed E-state index contributed by atoms with van der Waals surface area (Å²) in [4.78, 5) is 16.7. The fourth-order valence-electron chi connectivity index (χ4n) is 2.91. The molecule has 0 amide bonds. The number of rotatable bonds is 5. The third-order valence-corrected chi connectivity index (χ3v) is 7.66. The molecule has 4 nitrogen and oxygen atoms in total. The van der Waals surface area contributed by atoms with Gasteiger partial charge in [-0.2, -0.15) is 0 Å². The third-order valence-electron chi connectivity index (χ3n) is 4.43. The van der Waals surface area contributed by atoms with Gasteiger partial charge in [-0.15, -0.1) is 0 Å². The molecule has 162 valence electrons. The van der Waals surface area contributed by atoms with Gasteiger partial charge in [-0.1, -0.05) is 29.8 Å². The van der Waals surface area contributed by atoms with E-state index >= 15 is 0 Å². The molecule has 1 aliphatic rings. The van der Waals surface area contributed by atoms with Crippen molar-refractivity contribution in [1.82, 2.24) is 0 Å². The zero-order chi connectivity index (χ0) is 22.8. The molecule has 0 saturated carbocycles. The van der Waals surface area contributed by atoms with Crippen LogP contribution in [0.5, 0.6) is 5.75 Å². The van der Waals surface area contributed by atoms with E-state index in [2.05, 4.69) is 82.0 Å². The molecule has 0 fully saturated rings. The van der Waals surface area contributed by atoms with Crippen molar-refractivity contribution in [1.29, 1.82) is 0 Å². The third kappa shape index (κ3) is 5.57. The maximum atomic E-state index is 12.4. The van der Waals surface area contributed by atoms with Crippen molar-refractivity contribution in [3.8, 4) is 5.75 Å². The SMILES string of the molecule is O=C1OC(c2cc(I)ccc2Cl)=N/C1=C\c1cc(Br)c(OCc2ccccc2I)c(Br)c1. The fourth-order valence-corrected chi connectivity index (χ4v) is 5.59. The zero-order valence-electron chi connectivity index (χ0n) is 16.0. The van der Waals surface area contributed by atoms with Crippen molar-refractivity contribution >= 4 is 107 Å². The lowest BCUT2D eigenvalue weighted by atomic mass is 10.2. The van der Waals surface area contributed by atoms with Gasteiger partial charge in [0.1, 0.15) is 12.4 Å². The van der Waals surface area contributed by atoms with Crippen molar-refractivity contribution < 1.29 is 14.3 Å². The molecule has 0 saturated heterocycles. The summed E-state index contributed by atoms with van der Waals surface area (Å²) < 4.78 is 15.0. The molecule has 1 aliphatic heterocycles. The maximum Gasteiger partial charge on any atom is 0.363 e. The molecule has 1 heterocycles. The number of hydrogen-bond acceptors (Lipinski definition) is 4. The van der Waals surface area contributed by atoms with E-state index in [4.69, 9.17) is 21.1 Å². The van der Waals surface area contributed by atoms with Gasteiger partial charge < -0.3 is 9.47 Å². The van der Waals surface area contributed by atoms with Crippen molar-refractivity contribution in [2.45, 2.75) is 6.61 Å². The number of benzene rings is 3. The summed E-state index contributed by atoms with van der Waals surface area (Å²) in [7, 11) is 0. The summed E-state index contributed by atoms with van der Waals surface area (Å²) in [5, 5.41) is 0.471. The average molecular weight is 799 g/mol. The van der Waals surface area contributed by atoms with Crippen LogP contribution >= 0.6 is 88.6 Å². The van der Waals surface area contributed by atoms with Gasteiger partial charge in [0.2, 0.25) is 5.90 Å². The van der Waals surface area contributed by atoms with Gasteiger partial charge in [-0.25, -0.2) is 9.79 Å². The second-order valence-corrected chi connectivity index (χ2v) is 11.2. The number of carbonyl (C=O) groups is 1. The van der Waals surface area contributed by atoms with E-state index < -0.39 is 5.97 Å². The quantitative estimate of drug-likeness (QED) is 0.150. The van der Waals surface area contributed by atoms with Crippen molar-refractivity contribution in [2.24, 2.45) is 4.99 Å². The van der Waals surface area contributed by atoms with Crippen LogP contribution in [0.4, 0.5) is 0 Å².